The number of aliphatic carboxylic acids is 1. The van der Waals surface area contributed by atoms with Crippen molar-refractivity contribution >= 4 is 17.6 Å². The zero-order valence-electron chi connectivity index (χ0n) is 11.7. The fourth-order valence-electron chi connectivity index (χ4n) is 2.77. The van der Waals surface area contributed by atoms with E-state index in [0.717, 1.165) is 18.4 Å². The van der Waals surface area contributed by atoms with Crippen molar-refractivity contribution in [2.45, 2.75) is 32.1 Å². The third kappa shape index (κ3) is 3.82. The maximum absolute atomic E-state index is 12.3. The van der Waals surface area contributed by atoms with Crippen molar-refractivity contribution in [3.05, 3.63) is 29.8 Å². The highest BCUT2D eigenvalue weighted by Crippen LogP contribution is 2.31. The Bertz CT molecular complexity index is 560. The first kappa shape index (κ1) is 15.0. The Morgan fingerprint density at radius 2 is 1.81 bits per heavy atom. The first-order chi connectivity index (χ1) is 10.1. The predicted octanol–water partition coefficient (Wildman–Crippen LogP) is 2.58. The molecule has 2 atom stereocenters. The minimum absolute atomic E-state index is 0.227. The molecule has 0 aromatic heterocycles. The van der Waals surface area contributed by atoms with Crippen LogP contribution in [0.4, 0.5) is 5.69 Å². The molecule has 0 unspecified atom stereocenters. The lowest BCUT2D eigenvalue weighted by Gasteiger charge is -2.27. The van der Waals surface area contributed by atoms with Gasteiger partial charge in [-0.1, -0.05) is 25.0 Å². The van der Waals surface area contributed by atoms with Crippen molar-refractivity contribution in [3.8, 4) is 6.07 Å². The molecule has 21 heavy (non-hydrogen) atoms. The van der Waals surface area contributed by atoms with Gasteiger partial charge in [0.1, 0.15) is 0 Å². The van der Waals surface area contributed by atoms with Crippen molar-refractivity contribution in [1.82, 2.24) is 0 Å². The van der Waals surface area contributed by atoms with E-state index in [0.29, 0.717) is 24.9 Å². The molecule has 5 nitrogen and oxygen atoms in total. The fourth-order valence-corrected chi connectivity index (χ4v) is 2.77. The van der Waals surface area contributed by atoms with Gasteiger partial charge in [-0.25, -0.2) is 0 Å². The Labute approximate surface area is 123 Å². The molecule has 0 heterocycles. The van der Waals surface area contributed by atoms with E-state index < -0.39 is 17.8 Å². The SMILES string of the molecule is N#CCc1ccc(NC(=O)[C@@H]2CCCC[C@@H]2C(=O)O)cc1. The number of nitriles is 1. The van der Waals surface area contributed by atoms with Crippen molar-refractivity contribution in [1.29, 1.82) is 5.26 Å². The van der Waals surface area contributed by atoms with Gasteiger partial charge in [0.25, 0.3) is 0 Å². The van der Waals surface area contributed by atoms with Gasteiger partial charge < -0.3 is 10.4 Å². The molecule has 1 aromatic rings. The molecule has 1 aliphatic carbocycles. The van der Waals surface area contributed by atoms with Gasteiger partial charge in [0.2, 0.25) is 5.91 Å². The standard InChI is InChI=1S/C16H18N2O3/c17-10-9-11-5-7-12(8-6-11)18-15(19)13-3-1-2-4-14(13)16(20)21/h5-8,13-14H,1-4,9H2,(H,18,19)(H,20,21)/t13-,14+/m1/s1. The van der Waals surface area contributed by atoms with Crippen LogP contribution in [0.2, 0.25) is 0 Å². The molecule has 1 aromatic carbocycles. The van der Waals surface area contributed by atoms with Crippen molar-refractivity contribution in [2.75, 3.05) is 5.32 Å². The Morgan fingerprint density at radius 1 is 1.19 bits per heavy atom. The van der Waals surface area contributed by atoms with Crippen molar-refractivity contribution in [2.24, 2.45) is 11.8 Å². The van der Waals surface area contributed by atoms with Crippen LogP contribution in [0, 0.1) is 23.2 Å². The monoisotopic (exact) mass is 286 g/mol. The summed E-state index contributed by atoms with van der Waals surface area (Å²) in [6.07, 6.45) is 3.27. The summed E-state index contributed by atoms with van der Waals surface area (Å²) in [5.74, 6) is -2.17. The van der Waals surface area contributed by atoms with Gasteiger partial charge >= 0.3 is 5.97 Å². The maximum atomic E-state index is 12.3. The second kappa shape index (κ2) is 6.89. The molecule has 1 fully saturated rings. The molecule has 1 saturated carbocycles. The minimum Gasteiger partial charge on any atom is -0.481 e. The van der Waals surface area contributed by atoms with E-state index in [2.05, 4.69) is 11.4 Å². The van der Waals surface area contributed by atoms with Crippen LogP contribution in [0.25, 0.3) is 0 Å². The number of carboxylic acids is 1. The van der Waals surface area contributed by atoms with Crippen LogP contribution in [0.5, 0.6) is 0 Å². The zero-order chi connectivity index (χ0) is 15.2. The molecule has 2 rings (SSSR count). The maximum Gasteiger partial charge on any atom is 0.307 e. The quantitative estimate of drug-likeness (QED) is 0.890. The van der Waals surface area contributed by atoms with Gasteiger partial charge in [-0.3, -0.25) is 9.59 Å². The molecule has 0 radical (unpaired) electrons. The lowest BCUT2D eigenvalue weighted by atomic mass is 9.78. The molecule has 1 amide bonds. The largest absolute Gasteiger partial charge is 0.481 e. The molecule has 0 bridgehead atoms. The number of rotatable bonds is 4. The van der Waals surface area contributed by atoms with Crippen LogP contribution in [0.15, 0.2) is 24.3 Å². The van der Waals surface area contributed by atoms with Crippen LogP contribution < -0.4 is 5.32 Å². The molecule has 110 valence electrons. The predicted molar refractivity (Wildman–Crippen MR) is 77.5 cm³/mol. The van der Waals surface area contributed by atoms with Crippen molar-refractivity contribution in [3.63, 3.8) is 0 Å². The molecule has 0 aliphatic heterocycles. The van der Waals surface area contributed by atoms with E-state index in [1.165, 1.54) is 0 Å². The number of carbonyl (C=O) groups excluding carboxylic acids is 1. The van der Waals surface area contributed by atoms with Crippen LogP contribution in [0.3, 0.4) is 0 Å². The third-order valence-electron chi connectivity index (χ3n) is 3.92. The number of amides is 1. The first-order valence-electron chi connectivity index (χ1n) is 7.11. The highest BCUT2D eigenvalue weighted by Gasteiger charge is 2.35. The van der Waals surface area contributed by atoms with E-state index in [9.17, 15) is 14.7 Å². The highest BCUT2D eigenvalue weighted by atomic mass is 16.4. The molecule has 5 heteroatoms. The van der Waals surface area contributed by atoms with E-state index in [1.807, 2.05) is 0 Å². The van der Waals surface area contributed by atoms with Crippen LogP contribution in [-0.2, 0) is 16.0 Å². The fraction of sp³-hybridized carbons (Fsp3) is 0.438. The average molecular weight is 286 g/mol. The number of anilines is 1. The van der Waals surface area contributed by atoms with Gasteiger partial charge in [0.05, 0.1) is 24.3 Å². The lowest BCUT2D eigenvalue weighted by molar-refractivity contribution is -0.147. The summed E-state index contributed by atoms with van der Waals surface area (Å²) in [6.45, 7) is 0. The summed E-state index contributed by atoms with van der Waals surface area (Å²) in [7, 11) is 0. The summed E-state index contributed by atoms with van der Waals surface area (Å²) < 4.78 is 0. The first-order valence-corrected chi connectivity index (χ1v) is 7.11. The normalized spacial score (nSPS) is 21.3. The Morgan fingerprint density at radius 3 is 2.38 bits per heavy atom. The highest BCUT2D eigenvalue weighted by molar-refractivity contribution is 5.95. The topological polar surface area (TPSA) is 90.2 Å². The van der Waals surface area contributed by atoms with Crippen LogP contribution in [-0.4, -0.2) is 17.0 Å². The van der Waals surface area contributed by atoms with Crippen molar-refractivity contribution < 1.29 is 14.7 Å². The number of carboxylic acid groups (broad SMARTS) is 1. The van der Waals surface area contributed by atoms with E-state index in [-0.39, 0.29) is 5.91 Å². The average Bonchev–Trinajstić information content (AvgIpc) is 2.49. The molecule has 2 N–H and O–H groups in total. The molecule has 1 aliphatic rings. The minimum atomic E-state index is -0.890. The summed E-state index contributed by atoms with van der Waals surface area (Å²) in [6, 6.07) is 9.11. The summed E-state index contributed by atoms with van der Waals surface area (Å²) >= 11 is 0. The number of nitrogens with zero attached hydrogens (tertiary/aromatic N) is 1. The Kier molecular flexibility index (Phi) is 4.94. The number of hydrogen-bond acceptors (Lipinski definition) is 3. The molecule has 0 spiro atoms. The van der Waals surface area contributed by atoms with Gasteiger partial charge in [-0.15, -0.1) is 0 Å². The number of hydrogen-bond donors (Lipinski definition) is 2. The van der Waals surface area contributed by atoms with Gasteiger partial charge in [0, 0.05) is 5.69 Å². The third-order valence-corrected chi connectivity index (χ3v) is 3.92. The molecular weight excluding hydrogens is 268 g/mol. The van der Waals surface area contributed by atoms with Crippen LogP contribution >= 0.6 is 0 Å². The molecular formula is C16H18N2O3. The number of nitrogens with one attached hydrogen (secondary N) is 1. The van der Waals surface area contributed by atoms with Crippen LogP contribution in [0.1, 0.15) is 31.2 Å². The lowest BCUT2D eigenvalue weighted by Crippen LogP contribution is -2.36. The Balaban J connectivity index is 2.02. The second-order valence-electron chi connectivity index (χ2n) is 5.36. The summed E-state index contributed by atoms with van der Waals surface area (Å²) in [5.41, 5.74) is 1.52. The van der Waals surface area contributed by atoms with E-state index in [1.54, 1.807) is 24.3 Å². The Hall–Kier alpha value is -2.35. The second-order valence-corrected chi connectivity index (χ2v) is 5.36. The smallest absolute Gasteiger partial charge is 0.307 e. The summed E-state index contributed by atoms with van der Waals surface area (Å²) in [4.78, 5) is 23.5. The number of carbonyl (C=O) groups is 2. The molecule has 0 saturated heterocycles. The van der Waals surface area contributed by atoms with Gasteiger partial charge in [-0.05, 0) is 30.5 Å². The zero-order valence-corrected chi connectivity index (χ0v) is 11.7. The van der Waals surface area contributed by atoms with E-state index in [4.69, 9.17) is 5.26 Å². The van der Waals surface area contributed by atoms with E-state index >= 15 is 0 Å². The van der Waals surface area contributed by atoms with Gasteiger partial charge in [-0.2, -0.15) is 5.26 Å². The summed E-state index contributed by atoms with van der Waals surface area (Å²) in [5, 5.41) is 20.6. The number of benzene rings is 1. The van der Waals surface area contributed by atoms with Gasteiger partial charge in [0.15, 0.2) is 0 Å².